The van der Waals surface area contributed by atoms with E-state index in [9.17, 15) is 23.1 Å². The van der Waals surface area contributed by atoms with E-state index in [2.05, 4.69) is 0 Å². The lowest BCUT2D eigenvalue weighted by atomic mass is 9.91. The minimum absolute atomic E-state index is 0.0548. The van der Waals surface area contributed by atoms with Crippen LogP contribution in [0.1, 0.15) is 33.1 Å². The molecule has 1 rings (SSSR count). The molecular weight excluding hydrogens is 263 g/mol. The summed E-state index contributed by atoms with van der Waals surface area (Å²) in [6.45, 7) is 3.42. The van der Waals surface area contributed by atoms with Crippen molar-refractivity contribution in [2.75, 3.05) is 19.7 Å². The molecule has 0 spiro atoms. The molecule has 4 nitrogen and oxygen atoms in total. The largest absolute Gasteiger partial charge is 0.417 e. The number of ether oxygens (including phenoxy) is 1. The van der Waals surface area contributed by atoms with Crippen LogP contribution in [0.2, 0.25) is 0 Å². The van der Waals surface area contributed by atoms with Crippen LogP contribution in [0.4, 0.5) is 13.2 Å². The molecule has 112 valence electrons. The molecule has 1 aliphatic heterocycles. The first kappa shape index (κ1) is 16.2. The predicted octanol–water partition coefficient (Wildman–Crippen LogP) is 1.72. The van der Waals surface area contributed by atoms with E-state index in [1.165, 1.54) is 4.90 Å². The first-order valence-corrected chi connectivity index (χ1v) is 6.38. The smallest absolute Gasteiger partial charge is 0.380 e. The quantitative estimate of drug-likeness (QED) is 0.854. The van der Waals surface area contributed by atoms with Crippen LogP contribution in [-0.2, 0) is 9.53 Å². The van der Waals surface area contributed by atoms with Crippen molar-refractivity contribution in [3.8, 4) is 0 Å². The zero-order chi connectivity index (χ0) is 14.7. The van der Waals surface area contributed by atoms with Crippen LogP contribution < -0.4 is 0 Å². The Bertz CT molecular complexity index is 312. The van der Waals surface area contributed by atoms with Crippen molar-refractivity contribution >= 4 is 5.91 Å². The number of likely N-dealkylation sites (tertiary alicyclic amines) is 1. The molecule has 1 unspecified atom stereocenters. The summed E-state index contributed by atoms with van der Waals surface area (Å²) < 4.78 is 43.0. The van der Waals surface area contributed by atoms with Crippen molar-refractivity contribution in [2.24, 2.45) is 0 Å². The van der Waals surface area contributed by atoms with E-state index in [-0.39, 0.29) is 31.7 Å². The topological polar surface area (TPSA) is 49.8 Å². The van der Waals surface area contributed by atoms with Gasteiger partial charge in [0.15, 0.2) is 5.60 Å². The summed E-state index contributed by atoms with van der Waals surface area (Å²) in [6.07, 6.45) is -4.89. The van der Waals surface area contributed by atoms with Crippen molar-refractivity contribution in [3.05, 3.63) is 0 Å². The highest BCUT2D eigenvalue weighted by Crippen LogP contribution is 2.38. The van der Waals surface area contributed by atoms with Gasteiger partial charge in [0, 0.05) is 25.9 Å². The number of aliphatic hydroxyl groups is 1. The highest BCUT2D eigenvalue weighted by molar-refractivity contribution is 5.77. The Morgan fingerprint density at radius 1 is 1.42 bits per heavy atom. The molecule has 7 heteroatoms. The van der Waals surface area contributed by atoms with Gasteiger partial charge in [-0.25, -0.2) is 0 Å². The Hall–Kier alpha value is -0.820. The van der Waals surface area contributed by atoms with Crippen molar-refractivity contribution < 1.29 is 27.8 Å². The van der Waals surface area contributed by atoms with Gasteiger partial charge in [0.25, 0.3) is 0 Å². The number of hydrogen-bond donors (Lipinski definition) is 1. The third-order valence-corrected chi connectivity index (χ3v) is 3.54. The molecule has 0 radical (unpaired) electrons. The van der Waals surface area contributed by atoms with Crippen molar-refractivity contribution in [1.82, 2.24) is 4.90 Å². The van der Waals surface area contributed by atoms with E-state index < -0.39 is 24.6 Å². The van der Waals surface area contributed by atoms with E-state index in [4.69, 9.17) is 4.74 Å². The summed E-state index contributed by atoms with van der Waals surface area (Å²) in [5.74, 6) is -0.329. The van der Waals surface area contributed by atoms with Gasteiger partial charge in [-0.2, -0.15) is 13.2 Å². The molecular formula is C12H20F3NO3. The molecule has 0 bridgehead atoms. The normalized spacial score (nSPS) is 21.3. The highest BCUT2D eigenvalue weighted by atomic mass is 19.4. The van der Waals surface area contributed by atoms with Crippen molar-refractivity contribution in [3.63, 3.8) is 0 Å². The molecule has 19 heavy (non-hydrogen) atoms. The van der Waals surface area contributed by atoms with Gasteiger partial charge in [0.2, 0.25) is 5.91 Å². The SMILES string of the molecule is CCC(C)OCC(=O)N1CCC(O)(C(F)(F)F)CC1. The number of carbonyl (C=O) groups is 1. The van der Waals surface area contributed by atoms with Crippen LogP contribution in [-0.4, -0.2) is 53.5 Å². The Labute approximate surface area is 110 Å². The predicted molar refractivity (Wildman–Crippen MR) is 62.5 cm³/mol. The molecule has 0 aromatic carbocycles. The summed E-state index contributed by atoms with van der Waals surface area (Å²) in [5, 5.41) is 9.47. The number of carbonyl (C=O) groups excluding carboxylic acids is 1. The Morgan fingerprint density at radius 2 is 1.95 bits per heavy atom. The van der Waals surface area contributed by atoms with Crippen molar-refractivity contribution in [1.29, 1.82) is 0 Å². The molecule has 1 aliphatic rings. The fourth-order valence-corrected chi connectivity index (χ4v) is 1.83. The van der Waals surface area contributed by atoms with Crippen LogP contribution >= 0.6 is 0 Å². The number of piperidine rings is 1. The third-order valence-electron chi connectivity index (χ3n) is 3.54. The van der Waals surface area contributed by atoms with Gasteiger partial charge in [-0.3, -0.25) is 4.79 Å². The zero-order valence-electron chi connectivity index (χ0n) is 11.2. The van der Waals surface area contributed by atoms with Crippen LogP contribution in [0.15, 0.2) is 0 Å². The van der Waals surface area contributed by atoms with Crippen LogP contribution in [0.3, 0.4) is 0 Å². The lowest BCUT2D eigenvalue weighted by Gasteiger charge is -2.39. The lowest BCUT2D eigenvalue weighted by Crippen LogP contribution is -2.54. The maximum atomic E-state index is 12.6. The molecule has 0 aliphatic carbocycles. The Morgan fingerprint density at radius 3 is 2.37 bits per heavy atom. The maximum absolute atomic E-state index is 12.6. The summed E-state index contributed by atoms with van der Waals surface area (Å²) in [4.78, 5) is 13.0. The third kappa shape index (κ3) is 4.07. The fraction of sp³-hybridized carbons (Fsp3) is 0.917. The van der Waals surface area contributed by atoms with Gasteiger partial charge in [0.05, 0.1) is 6.10 Å². The molecule has 1 N–H and O–H groups in total. The van der Waals surface area contributed by atoms with E-state index in [1.807, 2.05) is 13.8 Å². The maximum Gasteiger partial charge on any atom is 0.417 e. The minimum atomic E-state index is -4.64. The first-order chi connectivity index (χ1) is 8.69. The number of alkyl halides is 3. The van der Waals surface area contributed by atoms with Crippen LogP contribution in [0.5, 0.6) is 0 Å². The number of hydrogen-bond acceptors (Lipinski definition) is 3. The molecule has 1 amide bonds. The van der Waals surface area contributed by atoms with Gasteiger partial charge >= 0.3 is 6.18 Å². The summed E-state index contributed by atoms with van der Waals surface area (Å²) >= 11 is 0. The van der Waals surface area contributed by atoms with Gasteiger partial charge in [-0.15, -0.1) is 0 Å². The second-order valence-corrected chi connectivity index (χ2v) is 4.94. The molecule has 1 heterocycles. The average Bonchev–Trinajstić information content (AvgIpc) is 2.35. The Kier molecular flexibility index (Phi) is 5.20. The lowest BCUT2D eigenvalue weighted by molar-refractivity contribution is -0.272. The summed E-state index contributed by atoms with van der Waals surface area (Å²) in [5.41, 5.74) is -2.67. The van der Waals surface area contributed by atoms with E-state index >= 15 is 0 Å². The minimum Gasteiger partial charge on any atom is -0.380 e. The first-order valence-electron chi connectivity index (χ1n) is 6.38. The average molecular weight is 283 g/mol. The Balaban J connectivity index is 2.43. The molecule has 0 aromatic rings. The van der Waals surface area contributed by atoms with Gasteiger partial charge in [-0.1, -0.05) is 6.92 Å². The monoisotopic (exact) mass is 283 g/mol. The summed E-state index contributed by atoms with van der Waals surface area (Å²) in [7, 11) is 0. The van der Waals surface area contributed by atoms with Crippen LogP contribution in [0, 0.1) is 0 Å². The van der Waals surface area contributed by atoms with Crippen LogP contribution in [0.25, 0.3) is 0 Å². The van der Waals surface area contributed by atoms with E-state index in [0.717, 1.165) is 6.42 Å². The van der Waals surface area contributed by atoms with Gasteiger partial charge < -0.3 is 14.7 Å². The molecule has 0 saturated carbocycles. The standard InChI is InChI=1S/C12H20F3NO3/c1-3-9(2)19-8-10(17)16-6-4-11(18,5-7-16)12(13,14)15/h9,18H,3-8H2,1-2H3. The van der Waals surface area contributed by atoms with Gasteiger partial charge in [0.1, 0.15) is 6.61 Å². The number of amides is 1. The van der Waals surface area contributed by atoms with E-state index in [1.54, 1.807) is 0 Å². The summed E-state index contributed by atoms with van der Waals surface area (Å²) in [6, 6.07) is 0. The number of halogens is 3. The molecule has 0 aromatic heterocycles. The number of rotatable bonds is 4. The molecule has 1 atom stereocenters. The highest BCUT2D eigenvalue weighted by Gasteiger charge is 2.54. The van der Waals surface area contributed by atoms with E-state index in [0.29, 0.717) is 0 Å². The second kappa shape index (κ2) is 6.09. The number of nitrogens with zero attached hydrogens (tertiary/aromatic N) is 1. The van der Waals surface area contributed by atoms with Gasteiger partial charge in [-0.05, 0) is 13.3 Å². The molecule has 1 fully saturated rings. The molecule has 1 saturated heterocycles. The fourth-order valence-electron chi connectivity index (χ4n) is 1.83. The van der Waals surface area contributed by atoms with Crippen molar-refractivity contribution in [2.45, 2.75) is 51.0 Å². The zero-order valence-corrected chi connectivity index (χ0v) is 11.2. The second-order valence-electron chi connectivity index (χ2n) is 4.94.